The van der Waals surface area contributed by atoms with Crippen LogP contribution in [0.15, 0.2) is 66.1 Å². The zero-order chi connectivity index (χ0) is 17.6. The molecule has 6 heteroatoms. The first kappa shape index (κ1) is 17.2. The molecule has 1 aromatic heterocycles. The first-order valence-electron chi connectivity index (χ1n) is 8.11. The number of rotatable bonds is 6. The number of thioether (sulfide) groups is 1. The fourth-order valence-electron chi connectivity index (χ4n) is 2.31. The maximum Gasteiger partial charge on any atom is 0.255 e. The normalized spacial score (nSPS) is 10.8. The van der Waals surface area contributed by atoms with Gasteiger partial charge in [-0.2, -0.15) is 0 Å². The Labute approximate surface area is 151 Å². The molecule has 0 aliphatic rings. The molecule has 0 bridgehead atoms. The Morgan fingerprint density at radius 1 is 1.12 bits per heavy atom. The van der Waals surface area contributed by atoms with E-state index in [1.165, 1.54) is 0 Å². The molecule has 1 N–H and O–H groups in total. The third kappa shape index (κ3) is 4.48. The van der Waals surface area contributed by atoms with Gasteiger partial charge in [0.05, 0.1) is 0 Å². The van der Waals surface area contributed by atoms with Crippen LogP contribution >= 0.6 is 11.8 Å². The van der Waals surface area contributed by atoms with Gasteiger partial charge in [-0.15, -0.1) is 10.2 Å². The summed E-state index contributed by atoms with van der Waals surface area (Å²) in [5.41, 5.74) is 2.57. The first-order valence-corrected chi connectivity index (χ1v) is 9.09. The number of aromatic nitrogens is 3. The zero-order valence-corrected chi connectivity index (χ0v) is 15.0. The summed E-state index contributed by atoms with van der Waals surface area (Å²) in [6, 6.07) is 17.4. The van der Waals surface area contributed by atoms with Crippen LogP contribution in [0.2, 0.25) is 0 Å². The number of carbonyl (C=O) groups is 1. The molecule has 0 aliphatic carbocycles. The van der Waals surface area contributed by atoms with Gasteiger partial charge in [0.25, 0.3) is 5.91 Å². The summed E-state index contributed by atoms with van der Waals surface area (Å²) >= 11 is 1.64. The summed E-state index contributed by atoms with van der Waals surface area (Å²) in [5, 5.41) is 11.9. The van der Waals surface area contributed by atoms with E-state index in [1.54, 1.807) is 18.1 Å². The van der Waals surface area contributed by atoms with Gasteiger partial charge in [0, 0.05) is 23.0 Å². The van der Waals surface area contributed by atoms with Crippen LogP contribution in [0.4, 0.5) is 5.69 Å². The fraction of sp³-hybridized carbons (Fsp3) is 0.211. The number of anilines is 1. The Kier molecular flexibility index (Phi) is 5.50. The van der Waals surface area contributed by atoms with E-state index in [0.29, 0.717) is 11.6 Å². The lowest BCUT2D eigenvalue weighted by molar-refractivity contribution is 0.102. The number of nitrogens with zero attached hydrogens (tertiary/aromatic N) is 3. The van der Waals surface area contributed by atoms with E-state index in [0.717, 1.165) is 22.2 Å². The average molecular weight is 352 g/mol. The Balaban J connectivity index is 1.60. The second-order valence-corrected chi connectivity index (χ2v) is 6.86. The van der Waals surface area contributed by atoms with Crippen molar-refractivity contribution in [1.82, 2.24) is 14.8 Å². The van der Waals surface area contributed by atoms with Crippen molar-refractivity contribution in [1.29, 1.82) is 0 Å². The largest absolute Gasteiger partial charge is 0.322 e. The van der Waals surface area contributed by atoms with Gasteiger partial charge in [0.15, 0.2) is 5.16 Å². The van der Waals surface area contributed by atoms with Gasteiger partial charge in [0.1, 0.15) is 6.33 Å². The van der Waals surface area contributed by atoms with E-state index in [-0.39, 0.29) is 5.91 Å². The van der Waals surface area contributed by atoms with Crippen molar-refractivity contribution in [2.45, 2.75) is 30.8 Å². The second-order valence-electron chi connectivity index (χ2n) is 5.92. The highest BCUT2D eigenvalue weighted by atomic mass is 32.2. The highest BCUT2D eigenvalue weighted by molar-refractivity contribution is 7.98. The number of amides is 1. The van der Waals surface area contributed by atoms with Gasteiger partial charge in [-0.1, -0.05) is 42.1 Å². The Morgan fingerprint density at radius 2 is 1.84 bits per heavy atom. The van der Waals surface area contributed by atoms with Gasteiger partial charge in [-0.3, -0.25) is 4.79 Å². The van der Waals surface area contributed by atoms with E-state index in [4.69, 9.17) is 0 Å². The van der Waals surface area contributed by atoms with Gasteiger partial charge >= 0.3 is 0 Å². The first-order chi connectivity index (χ1) is 12.1. The molecule has 0 aliphatic heterocycles. The van der Waals surface area contributed by atoms with Crippen LogP contribution in [0, 0.1) is 0 Å². The summed E-state index contributed by atoms with van der Waals surface area (Å²) in [5.74, 6) is 0.677. The van der Waals surface area contributed by atoms with Crippen molar-refractivity contribution in [2.24, 2.45) is 0 Å². The summed E-state index contributed by atoms with van der Waals surface area (Å²) in [7, 11) is 0. The van der Waals surface area contributed by atoms with Crippen LogP contribution in [0.3, 0.4) is 0 Å². The summed E-state index contributed by atoms with van der Waals surface area (Å²) < 4.78 is 2.05. The summed E-state index contributed by atoms with van der Waals surface area (Å²) in [6.07, 6.45) is 1.75. The minimum absolute atomic E-state index is 0.107. The molecule has 1 amide bonds. The predicted octanol–water partition coefficient (Wildman–Crippen LogP) is 4.40. The Bertz CT molecular complexity index is 828. The van der Waals surface area contributed by atoms with Crippen LogP contribution in [-0.2, 0) is 5.75 Å². The summed E-state index contributed by atoms with van der Waals surface area (Å²) in [6.45, 7) is 4.21. The molecule has 0 unspecified atom stereocenters. The molecule has 2 aromatic carbocycles. The smallest absolute Gasteiger partial charge is 0.255 e. The molecule has 0 radical (unpaired) electrons. The van der Waals surface area contributed by atoms with Crippen LogP contribution in [-0.4, -0.2) is 20.7 Å². The van der Waals surface area contributed by atoms with Gasteiger partial charge in [-0.25, -0.2) is 0 Å². The molecule has 25 heavy (non-hydrogen) atoms. The SMILES string of the molecule is CC(C)n1cnnc1SCc1ccc(C(=O)Nc2ccccc2)cc1. The zero-order valence-electron chi connectivity index (χ0n) is 14.2. The molecule has 128 valence electrons. The highest BCUT2D eigenvalue weighted by Gasteiger charge is 2.09. The van der Waals surface area contributed by atoms with Crippen molar-refractivity contribution in [3.63, 3.8) is 0 Å². The lowest BCUT2D eigenvalue weighted by Gasteiger charge is -2.09. The third-order valence-electron chi connectivity index (χ3n) is 3.71. The molecular formula is C19H20N4OS. The van der Waals surface area contributed by atoms with Crippen LogP contribution < -0.4 is 5.32 Å². The van der Waals surface area contributed by atoms with Gasteiger partial charge in [0.2, 0.25) is 0 Å². The molecule has 3 aromatic rings. The lowest BCUT2D eigenvalue weighted by atomic mass is 10.1. The topological polar surface area (TPSA) is 59.8 Å². The van der Waals surface area contributed by atoms with E-state index in [9.17, 15) is 4.79 Å². The second kappa shape index (κ2) is 7.98. The van der Waals surface area contributed by atoms with Crippen molar-refractivity contribution in [3.05, 3.63) is 72.1 Å². The minimum atomic E-state index is -0.107. The van der Waals surface area contributed by atoms with E-state index in [1.807, 2.05) is 59.2 Å². The van der Waals surface area contributed by atoms with Crippen molar-refractivity contribution < 1.29 is 4.79 Å². The molecule has 3 rings (SSSR count). The molecular weight excluding hydrogens is 332 g/mol. The number of para-hydroxylation sites is 1. The predicted molar refractivity (Wildman–Crippen MR) is 101 cm³/mol. The van der Waals surface area contributed by atoms with Gasteiger partial charge < -0.3 is 9.88 Å². The Hall–Kier alpha value is -2.60. The standard InChI is InChI=1S/C19H20N4OS/c1-14(2)23-13-20-22-19(23)25-12-15-8-10-16(11-9-15)18(24)21-17-6-4-3-5-7-17/h3-11,13-14H,12H2,1-2H3,(H,21,24). The van der Waals surface area contributed by atoms with Gasteiger partial charge in [-0.05, 0) is 43.7 Å². The molecule has 5 nitrogen and oxygen atoms in total. The van der Waals surface area contributed by atoms with Crippen LogP contribution in [0.5, 0.6) is 0 Å². The molecule has 0 saturated carbocycles. The van der Waals surface area contributed by atoms with E-state index in [2.05, 4.69) is 29.4 Å². The highest BCUT2D eigenvalue weighted by Crippen LogP contribution is 2.23. The number of benzene rings is 2. The quantitative estimate of drug-likeness (QED) is 0.668. The fourth-order valence-corrected chi connectivity index (χ4v) is 3.31. The third-order valence-corrected chi connectivity index (χ3v) is 4.74. The molecule has 0 atom stereocenters. The number of nitrogens with one attached hydrogen (secondary N) is 1. The van der Waals surface area contributed by atoms with E-state index < -0.39 is 0 Å². The number of hydrogen-bond acceptors (Lipinski definition) is 4. The minimum Gasteiger partial charge on any atom is -0.322 e. The molecule has 0 fully saturated rings. The van der Waals surface area contributed by atoms with Crippen molar-refractivity contribution in [2.75, 3.05) is 5.32 Å². The number of hydrogen-bond donors (Lipinski definition) is 1. The monoisotopic (exact) mass is 352 g/mol. The molecule has 0 spiro atoms. The van der Waals surface area contributed by atoms with Crippen LogP contribution in [0.1, 0.15) is 35.8 Å². The average Bonchev–Trinajstić information content (AvgIpc) is 3.10. The van der Waals surface area contributed by atoms with Crippen molar-refractivity contribution >= 4 is 23.4 Å². The van der Waals surface area contributed by atoms with E-state index >= 15 is 0 Å². The lowest BCUT2D eigenvalue weighted by Crippen LogP contribution is -2.11. The molecule has 1 heterocycles. The Morgan fingerprint density at radius 3 is 2.52 bits per heavy atom. The number of carbonyl (C=O) groups excluding carboxylic acids is 1. The van der Waals surface area contributed by atoms with Crippen LogP contribution in [0.25, 0.3) is 0 Å². The summed E-state index contributed by atoms with van der Waals surface area (Å²) in [4.78, 5) is 12.3. The van der Waals surface area contributed by atoms with Crippen molar-refractivity contribution in [3.8, 4) is 0 Å². The maximum atomic E-state index is 12.3. The maximum absolute atomic E-state index is 12.3. The molecule has 0 saturated heterocycles.